The van der Waals surface area contributed by atoms with Crippen LogP contribution >= 0.6 is 11.3 Å². The standard InChI is InChI=1S/C19H20N2O2S/c1-12(2)23-16-10-14-13(9-15(16)22-3)6-7-21-11-20-18(19(14)21)17-5-4-8-24-17/h4-5,8-12H,6-7H2,1-3H3. The number of benzene rings is 1. The van der Waals surface area contributed by atoms with Gasteiger partial charge in [-0.3, -0.25) is 0 Å². The van der Waals surface area contributed by atoms with Crippen molar-refractivity contribution in [2.75, 3.05) is 7.11 Å². The second-order valence-electron chi connectivity index (χ2n) is 6.19. The fourth-order valence-electron chi connectivity index (χ4n) is 3.20. The Kier molecular flexibility index (Phi) is 3.81. The lowest BCUT2D eigenvalue weighted by Gasteiger charge is -2.23. The summed E-state index contributed by atoms with van der Waals surface area (Å²) in [6, 6.07) is 8.41. The van der Waals surface area contributed by atoms with Crippen molar-refractivity contribution in [1.82, 2.24) is 9.55 Å². The minimum atomic E-state index is 0.0993. The molecule has 0 bridgehead atoms. The molecule has 124 valence electrons. The third-order valence-corrected chi connectivity index (χ3v) is 5.10. The predicted molar refractivity (Wildman–Crippen MR) is 97.0 cm³/mol. The molecule has 2 aromatic heterocycles. The first-order valence-electron chi connectivity index (χ1n) is 8.14. The van der Waals surface area contributed by atoms with Crippen LogP contribution < -0.4 is 9.47 Å². The number of hydrogen-bond donors (Lipinski definition) is 0. The minimum Gasteiger partial charge on any atom is -0.493 e. The van der Waals surface area contributed by atoms with Crippen LogP contribution in [0, 0.1) is 0 Å². The van der Waals surface area contributed by atoms with Crippen molar-refractivity contribution < 1.29 is 9.47 Å². The number of aromatic nitrogens is 2. The fraction of sp³-hybridized carbons (Fsp3) is 0.316. The van der Waals surface area contributed by atoms with Gasteiger partial charge in [0.1, 0.15) is 5.69 Å². The van der Waals surface area contributed by atoms with Gasteiger partial charge in [-0.05, 0) is 49.4 Å². The van der Waals surface area contributed by atoms with Gasteiger partial charge >= 0.3 is 0 Å². The molecule has 3 aromatic rings. The molecule has 1 aliphatic rings. The molecule has 0 saturated carbocycles. The van der Waals surface area contributed by atoms with Gasteiger partial charge in [0.15, 0.2) is 11.5 Å². The van der Waals surface area contributed by atoms with Crippen molar-refractivity contribution >= 4 is 11.3 Å². The topological polar surface area (TPSA) is 36.3 Å². The van der Waals surface area contributed by atoms with E-state index in [9.17, 15) is 0 Å². The zero-order valence-corrected chi connectivity index (χ0v) is 14.9. The molecule has 5 heteroatoms. The maximum absolute atomic E-state index is 5.97. The first-order valence-corrected chi connectivity index (χ1v) is 9.02. The highest BCUT2D eigenvalue weighted by Gasteiger charge is 2.24. The van der Waals surface area contributed by atoms with E-state index in [-0.39, 0.29) is 6.10 Å². The Labute approximate surface area is 145 Å². The molecular formula is C19H20N2O2S. The van der Waals surface area contributed by atoms with Crippen LogP contribution in [0.3, 0.4) is 0 Å². The van der Waals surface area contributed by atoms with E-state index < -0.39 is 0 Å². The van der Waals surface area contributed by atoms with Gasteiger partial charge in [-0.2, -0.15) is 0 Å². The van der Waals surface area contributed by atoms with Gasteiger partial charge in [0.25, 0.3) is 0 Å². The van der Waals surface area contributed by atoms with E-state index >= 15 is 0 Å². The maximum atomic E-state index is 5.97. The van der Waals surface area contributed by atoms with Gasteiger partial charge < -0.3 is 14.0 Å². The molecule has 0 amide bonds. The fourth-order valence-corrected chi connectivity index (χ4v) is 3.93. The van der Waals surface area contributed by atoms with Gasteiger partial charge in [0.05, 0.1) is 30.1 Å². The monoisotopic (exact) mass is 340 g/mol. The molecule has 4 rings (SSSR count). The van der Waals surface area contributed by atoms with Gasteiger partial charge in [0, 0.05) is 12.1 Å². The summed E-state index contributed by atoms with van der Waals surface area (Å²) in [7, 11) is 1.69. The lowest BCUT2D eigenvalue weighted by atomic mass is 9.96. The van der Waals surface area contributed by atoms with Crippen molar-refractivity contribution in [1.29, 1.82) is 0 Å². The Hall–Kier alpha value is -2.27. The van der Waals surface area contributed by atoms with Crippen LogP contribution in [-0.4, -0.2) is 22.8 Å². The number of thiophene rings is 1. The van der Waals surface area contributed by atoms with E-state index in [1.165, 1.54) is 21.7 Å². The smallest absolute Gasteiger partial charge is 0.162 e. The van der Waals surface area contributed by atoms with E-state index in [0.717, 1.165) is 30.2 Å². The zero-order valence-electron chi connectivity index (χ0n) is 14.1. The molecule has 0 fully saturated rings. The number of hydrogen-bond acceptors (Lipinski definition) is 4. The van der Waals surface area contributed by atoms with E-state index in [4.69, 9.17) is 9.47 Å². The van der Waals surface area contributed by atoms with Crippen molar-refractivity contribution in [2.45, 2.75) is 32.9 Å². The Morgan fingerprint density at radius 1 is 1.25 bits per heavy atom. The highest BCUT2D eigenvalue weighted by molar-refractivity contribution is 7.13. The summed E-state index contributed by atoms with van der Waals surface area (Å²) >= 11 is 1.72. The molecule has 0 atom stereocenters. The Bertz CT molecular complexity index is 866. The van der Waals surface area contributed by atoms with Crippen molar-refractivity contribution in [3.8, 4) is 33.3 Å². The summed E-state index contributed by atoms with van der Waals surface area (Å²) < 4.78 is 13.8. The van der Waals surface area contributed by atoms with E-state index in [1.807, 2.05) is 20.2 Å². The maximum Gasteiger partial charge on any atom is 0.162 e. The first kappa shape index (κ1) is 15.3. The largest absolute Gasteiger partial charge is 0.493 e. The summed E-state index contributed by atoms with van der Waals surface area (Å²) in [5.74, 6) is 1.59. The van der Waals surface area contributed by atoms with Crippen molar-refractivity contribution in [2.24, 2.45) is 0 Å². The lowest BCUT2D eigenvalue weighted by Crippen LogP contribution is -2.12. The Balaban J connectivity index is 1.90. The summed E-state index contributed by atoms with van der Waals surface area (Å²) in [6.07, 6.45) is 3.02. The normalized spacial score (nSPS) is 12.8. The van der Waals surface area contributed by atoms with Gasteiger partial charge in [-0.15, -0.1) is 11.3 Å². The van der Waals surface area contributed by atoms with Crippen LogP contribution in [0.2, 0.25) is 0 Å². The molecule has 0 spiro atoms. The van der Waals surface area contributed by atoms with Gasteiger partial charge in [0.2, 0.25) is 0 Å². The Morgan fingerprint density at radius 3 is 2.83 bits per heavy atom. The second kappa shape index (κ2) is 5.98. The van der Waals surface area contributed by atoms with Crippen LogP contribution in [0.4, 0.5) is 0 Å². The lowest BCUT2D eigenvalue weighted by molar-refractivity contribution is 0.230. The highest BCUT2D eigenvalue weighted by atomic mass is 32.1. The van der Waals surface area contributed by atoms with Crippen LogP contribution in [0.15, 0.2) is 36.0 Å². The van der Waals surface area contributed by atoms with Crippen molar-refractivity contribution in [3.05, 3.63) is 41.5 Å². The molecule has 3 heterocycles. The summed E-state index contributed by atoms with van der Waals surface area (Å²) in [5, 5.41) is 2.09. The van der Waals surface area contributed by atoms with Gasteiger partial charge in [-0.25, -0.2) is 4.98 Å². The second-order valence-corrected chi connectivity index (χ2v) is 7.14. The third-order valence-electron chi connectivity index (χ3n) is 4.22. The van der Waals surface area contributed by atoms with E-state index in [0.29, 0.717) is 0 Å². The molecule has 4 nitrogen and oxygen atoms in total. The Morgan fingerprint density at radius 2 is 2.12 bits per heavy atom. The van der Waals surface area contributed by atoms with Crippen LogP contribution in [0.25, 0.3) is 21.8 Å². The number of fused-ring (bicyclic) bond motifs is 3. The summed E-state index contributed by atoms with van der Waals surface area (Å²) in [4.78, 5) is 5.87. The average Bonchev–Trinajstić information content (AvgIpc) is 3.22. The van der Waals surface area contributed by atoms with Crippen LogP contribution in [0.5, 0.6) is 11.5 Å². The molecular weight excluding hydrogens is 320 g/mol. The number of ether oxygens (including phenoxy) is 2. The summed E-state index contributed by atoms with van der Waals surface area (Å²) in [6.45, 7) is 4.99. The highest BCUT2D eigenvalue weighted by Crippen LogP contribution is 2.43. The minimum absolute atomic E-state index is 0.0993. The first-order chi connectivity index (χ1) is 11.7. The molecule has 0 N–H and O–H groups in total. The summed E-state index contributed by atoms with van der Waals surface area (Å²) in [5.41, 5.74) is 4.70. The van der Waals surface area contributed by atoms with E-state index in [2.05, 4.69) is 39.2 Å². The molecule has 24 heavy (non-hydrogen) atoms. The number of nitrogens with zero attached hydrogens (tertiary/aromatic N) is 2. The molecule has 0 saturated heterocycles. The zero-order chi connectivity index (χ0) is 16.7. The molecule has 0 aliphatic carbocycles. The number of aryl methyl sites for hydroxylation is 2. The molecule has 0 unspecified atom stereocenters. The van der Waals surface area contributed by atoms with Gasteiger partial charge in [-0.1, -0.05) is 6.07 Å². The van der Waals surface area contributed by atoms with Crippen molar-refractivity contribution in [3.63, 3.8) is 0 Å². The average molecular weight is 340 g/mol. The molecule has 0 radical (unpaired) electrons. The SMILES string of the molecule is COc1cc2c(cc1OC(C)C)-c1c(-c3cccs3)ncn1CC2. The molecule has 1 aromatic carbocycles. The molecule has 1 aliphatic heterocycles. The number of methoxy groups -OCH3 is 1. The predicted octanol–water partition coefficient (Wildman–Crippen LogP) is 4.63. The van der Waals surface area contributed by atoms with Crippen LogP contribution in [0.1, 0.15) is 19.4 Å². The van der Waals surface area contributed by atoms with E-state index in [1.54, 1.807) is 18.4 Å². The van der Waals surface area contributed by atoms with Crippen LogP contribution in [-0.2, 0) is 13.0 Å². The third kappa shape index (κ3) is 2.49. The number of imidazole rings is 1. The quantitative estimate of drug-likeness (QED) is 0.695. The number of rotatable bonds is 4.